The van der Waals surface area contributed by atoms with E-state index in [2.05, 4.69) is 58.3 Å². The second-order valence-electron chi connectivity index (χ2n) is 5.09. The SMILES string of the molecule is CCCNC(C)c1ccc(Sc2nc(C)c(C)o2)c(Br)c1. The molecule has 5 heteroatoms. The topological polar surface area (TPSA) is 38.1 Å². The Labute approximate surface area is 139 Å². The molecule has 0 saturated carbocycles. The average molecular weight is 369 g/mol. The number of aromatic nitrogens is 1. The molecule has 1 unspecified atom stereocenters. The molecule has 2 rings (SSSR count). The van der Waals surface area contributed by atoms with Crippen molar-refractivity contribution in [3.8, 4) is 0 Å². The highest BCUT2D eigenvalue weighted by molar-refractivity contribution is 9.10. The van der Waals surface area contributed by atoms with Gasteiger partial charge in [-0.3, -0.25) is 0 Å². The Hall–Kier alpha value is -0.780. The maximum atomic E-state index is 5.62. The lowest BCUT2D eigenvalue weighted by molar-refractivity contribution is 0.431. The number of rotatable bonds is 6. The molecule has 1 N–H and O–H groups in total. The van der Waals surface area contributed by atoms with E-state index in [0.29, 0.717) is 11.3 Å². The Balaban J connectivity index is 2.11. The van der Waals surface area contributed by atoms with Crippen molar-refractivity contribution in [2.45, 2.75) is 50.3 Å². The number of oxazole rings is 1. The highest BCUT2D eigenvalue weighted by atomic mass is 79.9. The van der Waals surface area contributed by atoms with E-state index in [1.165, 1.54) is 5.56 Å². The van der Waals surface area contributed by atoms with Crippen LogP contribution in [0.3, 0.4) is 0 Å². The van der Waals surface area contributed by atoms with E-state index in [4.69, 9.17) is 4.42 Å². The normalized spacial score (nSPS) is 12.6. The first-order chi connectivity index (χ1) is 10.0. The van der Waals surface area contributed by atoms with Gasteiger partial charge in [0.2, 0.25) is 0 Å². The molecule has 1 heterocycles. The van der Waals surface area contributed by atoms with E-state index >= 15 is 0 Å². The minimum atomic E-state index is 0.353. The Bertz CT molecular complexity index is 593. The summed E-state index contributed by atoms with van der Waals surface area (Å²) in [7, 11) is 0. The monoisotopic (exact) mass is 368 g/mol. The number of halogens is 1. The standard InChI is InChI=1S/C16H21BrN2OS/c1-5-8-18-11(3)13-6-7-15(14(17)9-13)21-16-19-10(2)12(4)20-16/h6-7,9,11,18H,5,8H2,1-4H3. The largest absolute Gasteiger partial charge is 0.436 e. The molecule has 0 spiro atoms. The maximum Gasteiger partial charge on any atom is 0.261 e. The fourth-order valence-corrected chi connectivity index (χ4v) is 3.40. The zero-order valence-electron chi connectivity index (χ0n) is 12.9. The molecule has 1 aromatic heterocycles. The lowest BCUT2D eigenvalue weighted by Crippen LogP contribution is -2.19. The van der Waals surface area contributed by atoms with Crippen molar-refractivity contribution < 1.29 is 4.42 Å². The lowest BCUT2D eigenvalue weighted by Gasteiger charge is -2.14. The number of nitrogens with one attached hydrogen (secondary N) is 1. The highest BCUT2D eigenvalue weighted by Gasteiger charge is 2.12. The van der Waals surface area contributed by atoms with Gasteiger partial charge in [0.15, 0.2) is 0 Å². The molecule has 114 valence electrons. The summed E-state index contributed by atoms with van der Waals surface area (Å²) in [5.74, 6) is 0.877. The lowest BCUT2D eigenvalue weighted by atomic mass is 10.1. The van der Waals surface area contributed by atoms with Crippen LogP contribution in [0.4, 0.5) is 0 Å². The Morgan fingerprint density at radius 3 is 2.71 bits per heavy atom. The second-order valence-corrected chi connectivity index (χ2v) is 6.94. The van der Waals surface area contributed by atoms with Crippen LogP contribution in [-0.2, 0) is 0 Å². The van der Waals surface area contributed by atoms with Crippen molar-refractivity contribution in [2.24, 2.45) is 0 Å². The van der Waals surface area contributed by atoms with Crippen molar-refractivity contribution in [1.82, 2.24) is 10.3 Å². The molecular weight excluding hydrogens is 348 g/mol. The highest BCUT2D eigenvalue weighted by Crippen LogP contribution is 2.35. The van der Waals surface area contributed by atoms with Crippen LogP contribution < -0.4 is 5.32 Å². The van der Waals surface area contributed by atoms with E-state index in [1.807, 2.05) is 13.8 Å². The second kappa shape index (κ2) is 7.47. The van der Waals surface area contributed by atoms with Gasteiger partial charge in [-0.05, 0) is 79.1 Å². The van der Waals surface area contributed by atoms with E-state index in [-0.39, 0.29) is 0 Å². The molecule has 0 aliphatic carbocycles. The fraction of sp³-hybridized carbons (Fsp3) is 0.438. The Kier molecular flexibility index (Phi) is 5.90. The predicted molar refractivity (Wildman–Crippen MR) is 91.0 cm³/mol. The summed E-state index contributed by atoms with van der Waals surface area (Å²) in [6.45, 7) is 9.29. The van der Waals surface area contributed by atoms with Gasteiger partial charge in [-0.25, -0.2) is 4.98 Å². The molecule has 0 fully saturated rings. The average Bonchev–Trinajstić information content (AvgIpc) is 2.77. The molecule has 1 aromatic carbocycles. The molecule has 21 heavy (non-hydrogen) atoms. The van der Waals surface area contributed by atoms with Crippen molar-refractivity contribution in [2.75, 3.05) is 6.54 Å². The zero-order chi connectivity index (χ0) is 15.4. The summed E-state index contributed by atoms with van der Waals surface area (Å²) in [5, 5.41) is 4.19. The van der Waals surface area contributed by atoms with E-state index in [9.17, 15) is 0 Å². The van der Waals surface area contributed by atoms with Crippen molar-refractivity contribution in [3.05, 3.63) is 39.7 Å². The van der Waals surface area contributed by atoms with Gasteiger partial charge in [0.25, 0.3) is 5.22 Å². The van der Waals surface area contributed by atoms with Crippen LogP contribution in [0, 0.1) is 13.8 Å². The first-order valence-electron chi connectivity index (χ1n) is 7.16. The maximum absolute atomic E-state index is 5.62. The molecular formula is C16H21BrN2OS. The van der Waals surface area contributed by atoms with Gasteiger partial charge < -0.3 is 9.73 Å². The summed E-state index contributed by atoms with van der Waals surface area (Å²) < 4.78 is 6.70. The van der Waals surface area contributed by atoms with Gasteiger partial charge in [-0.15, -0.1) is 0 Å². The Morgan fingerprint density at radius 1 is 1.38 bits per heavy atom. The number of aryl methyl sites for hydroxylation is 2. The van der Waals surface area contributed by atoms with Gasteiger partial charge in [0.05, 0.1) is 5.69 Å². The molecule has 0 amide bonds. The molecule has 0 saturated heterocycles. The quantitative estimate of drug-likeness (QED) is 0.753. The minimum Gasteiger partial charge on any atom is -0.436 e. The van der Waals surface area contributed by atoms with Crippen LogP contribution in [0.15, 0.2) is 37.2 Å². The third-order valence-electron chi connectivity index (χ3n) is 3.36. The van der Waals surface area contributed by atoms with Crippen LogP contribution in [0.25, 0.3) is 0 Å². The summed E-state index contributed by atoms with van der Waals surface area (Å²) >= 11 is 5.19. The number of hydrogen-bond acceptors (Lipinski definition) is 4. The van der Waals surface area contributed by atoms with Gasteiger partial charge >= 0.3 is 0 Å². The molecule has 2 aromatic rings. The smallest absolute Gasteiger partial charge is 0.261 e. The van der Waals surface area contributed by atoms with E-state index < -0.39 is 0 Å². The summed E-state index contributed by atoms with van der Waals surface area (Å²) in [6, 6.07) is 6.79. The van der Waals surface area contributed by atoms with E-state index in [0.717, 1.165) is 33.8 Å². The first-order valence-corrected chi connectivity index (χ1v) is 8.77. The summed E-state index contributed by atoms with van der Waals surface area (Å²) in [6.07, 6.45) is 1.14. The van der Waals surface area contributed by atoms with Gasteiger partial charge in [0, 0.05) is 15.4 Å². The van der Waals surface area contributed by atoms with Crippen LogP contribution >= 0.6 is 27.7 Å². The van der Waals surface area contributed by atoms with Gasteiger partial charge in [-0.2, -0.15) is 0 Å². The van der Waals surface area contributed by atoms with Crippen LogP contribution in [-0.4, -0.2) is 11.5 Å². The molecule has 0 aliphatic heterocycles. The predicted octanol–water partition coefficient (Wildman–Crippen LogP) is 5.27. The zero-order valence-corrected chi connectivity index (χ0v) is 15.3. The molecule has 0 radical (unpaired) electrons. The van der Waals surface area contributed by atoms with Gasteiger partial charge in [-0.1, -0.05) is 13.0 Å². The van der Waals surface area contributed by atoms with Gasteiger partial charge in [0.1, 0.15) is 5.76 Å². The van der Waals surface area contributed by atoms with Crippen LogP contribution in [0.2, 0.25) is 0 Å². The fourth-order valence-electron chi connectivity index (χ4n) is 1.93. The van der Waals surface area contributed by atoms with E-state index in [1.54, 1.807) is 11.8 Å². The van der Waals surface area contributed by atoms with Crippen LogP contribution in [0.5, 0.6) is 0 Å². The van der Waals surface area contributed by atoms with Crippen molar-refractivity contribution >= 4 is 27.7 Å². The third-order valence-corrected chi connectivity index (χ3v) is 5.21. The van der Waals surface area contributed by atoms with Crippen LogP contribution in [0.1, 0.15) is 43.3 Å². The number of benzene rings is 1. The Morgan fingerprint density at radius 2 is 2.14 bits per heavy atom. The molecule has 0 aliphatic rings. The number of hydrogen-bond donors (Lipinski definition) is 1. The minimum absolute atomic E-state index is 0.353. The molecule has 0 bridgehead atoms. The van der Waals surface area contributed by atoms with Crippen molar-refractivity contribution in [1.29, 1.82) is 0 Å². The first kappa shape index (κ1) is 16.6. The third kappa shape index (κ3) is 4.34. The molecule has 3 nitrogen and oxygen atoms in total. The summed E-state index contributed by atoms with van der Waals surface area (Å²) in [4.78, 5) is 5.52. The molecule has 1 atom stereocenters. The summed E-state index contributed by atoms with van der Waals surface area (Å²) in [5.41, 5.74) is 2.22. The van der Waals surface area contributed by atoms with Crippen molar-refractivity contribution in [3.63, 3.8) is 0 Å². The number of nitrogens with zero attached hydrogens (tertiary/aromatic N) is 1.